The van der Waals surface area contributed by atoms with Gasteiger partial charge in [0.1, 0.15) is 0 Å². The Morgan fingerprint density at radius 2 is 1.81 bits per heavy atom. The maximum atomic E-state index is 12.6. The van der Waals surface area contributed by atoms with Gasteiger partial charge in [0, 0.05) is 22.4 Å². The van der Waals surface area contributed by atoms with Crippen LogP contribution in [-0.2, 0) is 6.42 Å². The number of halogens is 1. The molecule has 1 N–H and O–H groups in total. The third-order valence-electron chi connectivity index (χ3n) is 3.70. The SMILES string of the molecule is O=C(Nc1ccc(Br)cc1)N1CCCCc2ccccc21. The summed E-state index contributed by atoms with van der Waals surface area (Å²) in [6.45, 7) is 0.763. The van der Waals surface area contributed by atoms with E-state index in [9.17, 15) is 4.79 Å². The molecule has 3 nitrogen and oxygen atoms in total. The number of benzene rings is 2. The first-order valence-electron chi connectivity index (χ1n) is 7.16. The first-order chi connectivity index (χ1) is 10.2. The number of anilines is 2. The molecule has 1 aliphatic heterocycles. The van der Waals surface area contributed by atoms with Crippen LogP contribution in [0.5, 0.6) is 0 Å². The predicted octanol–water partition coefficient (Wildman–Crippen LogP) is 4.82. The van der Waals surface area contributed by atoms with Crippen LogP contribution in [-0.4, -0.2) is 12.6 Å². The lowest BCUT2D eigenvalue weighted by atomic mass is 10.1. The quantitative estimate of drug-likeness (QED) is 0.789. The van der Waals surface area contributed by atoms with Crippen molar-refractivity contribution in [1.82, 2.24) is 0 Å². The van der Waals surface area contributed by atoms with Crippen molar-refractivity contribution >= 4 is 33.3 Å². The summed E-state index contributed by atoms with van der Waals surface area (Å²) in [6, 6.07) is 15.7. The largest absolute Gasteiger partial charge is 0.326 e. The summed E-state index contributed by atoms with van der Waals surface area (Å²) in [4.78, 5) is 14.4. The van der Waals surface area contributed by atoms with Crippen LogP contribution in [0.2, 0.25) is 0 Å². The summed E-state index contributed by atoms with van der Waals surface area (Å²) in [6.07, 6.45) is 3.19. The summed E-state index contributed by atoms with van der Waals surface area (Å²) in [5, 5.41) is 2.97. The molecule has 2 aromatic carbocycles. The Labute approximate surface area is 133 Å². The van der Waals surface area contributed by atoms with Gasteiger partial charge in [-0.15, -0.1) is 0 Å². The summed E-state index contributed by atoms with van der Waals surface area (Å²) < 4.78 is 1.00. The van der Waals surface area contributed by atoms with Crippen molar-refractivity contribution in [2.24, 2.45) is 0 Å². The van der Waals surface area contributed by atoms with Crippen LogP contribution in [0.25, 0.3) is 0 Å². The lowest BCUT2D eigenvalue weighted by Crippen LogP contribution is -2.35. The number of rotatable bonds is 1. The van der Waals surface area contributed by atoms with E-state index in [2.05, 4.69) is 27.3 Å². The molecule has 0 saturated carbocycles. The highest BCUT2D eigenvalue weighted by atomic mass is 79.9. The summed E-state index contributed by atoms with van der Waals surface area (Å²) in [7, 11) is 0. The van der Waals surface area contributed by atoms with Gasteiger partial charge in [-0.25, -0.2) is 4.79 Å². The van der Waals surface area contributed by atoms with Crippen molar-refractivity contribution < 1.29 is 4.79 Å². The number of carbonyl (C=O) groups excluding carboxylic acids is 1. The van der Waals surface area contributed by atoms with E-state index in [4.69, 9.17) is 0 Å². The van der Waals surface area contributed by atoms with Gasteiger partial charge in [-0.2, -0.15) is 0 Å². The number of amides is 2. The van der Waals surface area contributed by atoms with Gasteiger partial charge in [0.2, 0.25) is 0 Å². The van der Waals surface area contributed by atoms with Crippen molar-refractivity contribution in [3.8, 4) is 0 Å². The van der Waals surface area contributed by atoms with E-state index in [0.717, 1.165) is 41.7 Å². The fourth-order valence-corrected chi connectivity index (χ4v) is 2.89. The number of fused-ring (bicyclic) bond motifs is 1. The fraction of sp³-hybridized carbons (Fsp3) is 0.235. The molecular weight excluding hydrogens is 328 g/mol. The minimum atomic E-state index is -0.0633. The Balaban J connectivity index is 1.82. The maximum Gasteiger partial charge on any atom is 0.326 e. The number of nitrogens with one attached hydrogen (secondary N) is 1. The van der Waals surface area contributed by atoms with E-state index < -0.39 is 0 Å². The first-order valence-corrected chi connectivity index (χ1v) is 7.95. The molecule has 0 radical (unpaired) electrons. The highest BCUT2D eigenvalue weighted by molar-refractivity contribution is 9.10. The van der Waals surface area contributed by atoms with E-state index in [1.807, 2.05) is 47.4 Å². The number of para-hydroxylation sites is 1. The van der Waals surface area contributed by atoms with Crippen molar-refractivity contribution in [2.75, 3.05) is 16.8 Å². The van der Waals surface area contributed by atoms with Crippen molar-refractivity contribution in [3.63, 3.8) is 0 Å². The van der Waals surface area contributed by atoms with Crippen LogP contribution in [0.4, 0.5) is 16.2 Å². The molecule has 0 bridgehead atoms. The highest BCUT2D eigenvalue weighted by Crippen LogP contribution is 2.26. The van der Waals surface area contributed by atoms with E-state index >= 15 is 0 Å². The second-order valence-electron chi connectivity index (χ2n) is 5.17. The number of nitrogens with zero attached hydrogens (tertiary/aromatic N) is 1. The van der Waals surface area contributed by atoms with Gasteiger partial charge >= 0.3 is 6.03 Å². The number of urea groups is 1. The molecule has 0 aliphatic carbocycles. The zero-order chi connectivity index (χ0) is 14.7. The number of hydrogen-bond acceptors (Lipinski definition) is 1. The molecule has 3 rings (SSSR count). The van der Waals surface area contributed by atoms with Gasteiger partial charge in [0.25, 0.3) is 0 Å². The number of carbonyl (C=O) groups is 1. The van der Waals surface area contributed by atoms with Crippen LogP contribution in [0, 0.1) is 0 Å². The number of hydrogen-bond donors (Lipinski definition) is 1. The Morgan fingerprint density at radius 3 is 2.62 bits per heavy atom. The van der Waals surface area contributed by atoms with Crippen LogP contribution < -0.4 is 10.2 Å². The Bertz CT molecular complexity index is 639. The van der Waals surface area contributed by atoms with Gasteiger partial charge in [-0.3, -0.25) is 4.90 Å². The third kappa shape index (κ3) is 3.27. The minimum Gasteiger partial charge on any atom is -0.308 e. The molecule has 2 amide bonds. The van der Waals surface area contributed by atoms with Crippen LogP contribution >= 0.6 is 15.9 Å². The van der Waals surface area contributed by atoms with E-state index in [0.29, 0.717) is 0 Å². The summed E-state index contributed by atoms with van der Waals surface area (Å²) in [5.74, 6) is 0. The Morgan fingerprint density at radius 1 is 1.05 bits per heavy atom. The van der Waals surface area contributed by atoms with Gasteiger partial charge in [0.05, 0.1) is 0 Å². The van der Waals surface area contributed by atoms with E-state index in [-0.39, 0.29) is 6.03 Å². The molecule has 0 spiro atoms. The Kier molecular flexibility index (Phi) is 4.25. The number of aryl methyl sites for hydroxylation is 1. The molecule has 4 heteroatoms. The zero-order valence-corrected chi connectivity index (χ0v) is 13.3. The molecule has 21 heavy (non-hydrogen) atoms. The second-order valence-corrected chi connectivity index (χ2v) is 6.09. The van der Waals surface area contributed by atoms with Gasteiger partial charge in [-0.1, -0.05) is 34.1 Å². The monoisotopic (exact) mass is 344 g/mol. The van der Waals surface area contributed by atoms with Crippen molar-refractivity contribution in [2.45, 2.75) is 19.3 Å². The lowest BCUT2D eigenvalue weighted by molar-refractivity contribution is 0.257. The molecular formula is C17H17BrN2O. The van der Waals surface area contributed by atoms with Gasteiger partial charge in [-0.05, 0) is 55.2 Å². The molecule has 0 aromatic heterocycles. The lowest BCUT2D eigenvalue weighted by Gasteiger charge is -2.23. The molecule has 0 saturated heterocycles. The topological polar surface area (TPSA) is 32.3 Å². The average molecular weight is 345 g/mol. The van der Waals surface area contributed by atoms with Crippen molar-refractivity contribution in [1.29, 1.82) is 0 Å². The third-order valence-corrected chi connectivity index (χ3v) is 4.23. The predicted molar refractivity (Wildman–Crippen MR) is 89.9 cm³/mol. The normalized spacial score (nSPS) is 14.2. The van der Waals surface area contributed by atoms with Crippen LogP contribution in [0.3, 0.4) is 0 Å². The maximum absolute atomic E-state index is 12.6. The first kappa shape index (κ1) is 14.1. The Hall–Kier alpha value is -1.81. The van der Waals surface area contributed by atoms with Crippen LogP contribution in [0.1, 0.15) is 18.4 Å². The highest BCUT2D eigenvalue weighted by Gasteiger charge is 2.20. The molecule has 0 fully saturated rings. The van der Waals surface area contributed by atoms with Crippen LogP contribution in [0.15, 0.2) is 53.0 Å². The van der Waals surface area contributed by atoms with Gasteiger partial charge < -0.3 is 5.32 Å². The molecule has 0 atom stereocenters. The molecule has 0 unspecified atom stereocenters. The fourth-order valence-electron chi connectivity index (χ4n) is 2.63. The standard InChI is InChI=1S/C17H17BrN2O/c18-14-8-10-15(11-9-14)19-17(21)20-12-4-3-6-13-5-1-2-7-16(13)20/h1-2,5,7-11H,3-4,6,12H2,(H,19,21). The average Bonchev–Trinajstić information content (AvgIpc) is 2.72. The second kappa shape index (κ2) is 6.31. The molecule has 108 valence electrons. The van der Waals surface area contributed by atoms with Gasteiger partial charge in [0.15, 0.2) is 0 Å². The minimum absolute atomic E-state index is 0.0633. The zero-order valence-electron chi connectivity index (χ0n) is 11.7. The van der Waals surface area contributed by atoms with E-state index in [1.165, 1.54) is 5.56 Å². The van der Waals surface area contributed by atoms with E-state index in [1.54, 1.807) is 0 Å². The summed E-state index contributed by atoms with van der Waals surface area (Å²) >= 11 is 3.40. The summed E-state index contributed by atoms with van der Waals surface area (Å²) in [5.41, 5.74) is 3.09. The molecule has 1 aliphatic rings. The molecule has 1 heterocycles. The van der Waals surface area contributed by atoms with Crippen molar-refractivity contribution in [3.05, 3.63) is 58.6 Å². The molecule has 2 aromatic rings. The smallest absolute Gasteiger partial charge is 0.308 e.